The van der Waals surface area contributed by atoms with Crippen LogP contribution in [0.4, 0.5) is 13.2 Å². The van der Waals surface area contributed by atoms with Crippen molar-refractivity contribution in [3.63, 3.8) is 0 Å². The third-order valence-corrected chi connectivity index (χ3v) is 4.31. The van der Waals surface area contributed by atoms with Crippen molar-refractivity contribution in [1.82, 2.24) is 4.31 Å². The van der Waals surface area contributed by atoms with Gasteiger partial charge in [0.05, 0.1) is 18.1 Å². The predicted molar refractivity (Wildman–Crippen MR) is 66.1 cm³/mol. The molecule has 0 saturated heterocycles. The Morgan fingerprint density at radius 3 is 1.90 bits per heavy atom. The highest BCUT2D eigenvalue weighted by molar-refractivity contribution is 7.89. The molecule has 0 radical (unpaired) electrons. The molecule has 0 amide bonds. The molecule has 0 spiro atoms. The summed E-state index contributed by atoms with van der Waals surface area (Å²) in [6, 6.07) is 3.66. The smallest absolute Gasteiger partial charge is 0.406 e. The molecule has 6 nitrogen and oxygen atoms in total. The lowest BCUT2D eigenvalue weighted by Gasteiger charge is -2.20. The molecule has 0 aliphatic heterocycles. The average Bonchev–Trinajstić information content (AvgIpc) is 2.37. The van der Waals surface area contributed by atoms with E-state index in [9.17, 15) is 21.6 Å². The first-order valence-corrected chi connectivity index (χ1v) is 7.22. The van der Waals surface area contributed by atoms with Crippen molar-refractivity contribution in [3.05, 3.63) is 24.3 Å². The van der Waals surface area contributed by atoms with Crippen LogP contribution in [0.15, 0.2) is 29.2 Å². The third-order valence-electron chi connectivity index (χ3n) is 2.39. The van der Waals surface area contributed by atoms with Crippen molar-refractivity contribution in [2.45, 2.75) is 11.3 Å². The van der Waals surface area contributed by atoms with Crippen molar-refractivity contribution in [1.29, 1.82) is 0 Å². The van der Waals surface area contributed by atoms with Crippen LogP contribution < -0.4 is 4.74 Å². The van der Waals surface area contributed by atoms with E-state index in [-0.39, 0.29) is 18.0 Å². The molecule has 1 aromatic carbocycles. The molecule has 0 aliphatic carbocycles. The summed E-state index contributed by atoms with van der Waals surface area (Å²) in [6.07, 6.45) is -4.86. The number of aliphatic hydroxyl groups is 2. The Kier molecular flexibility index (Phi) is 5.96. The highest BCUT2D eigenvalue weighted by Crippen LogP contribution is 2.24. The maximum atomic E-state index is 12.1. The SMILES string of the molecule is O=S(=O)(c1ccc(OC(F)(F)F)cc1)N(CCO)CCO. The fraction of sp³-hybridized carbons (Fsp3) is 0.455. The second-order valence-electron chi connectivity index (χ2n) is 3.87. The van der Waals surface area contributed by atoms with Crippen LogP contribution in [-0.4, -0.2) is 55.6 Å². The molecule has 0 atom stereocenters. The second-order valence-corrected chi connectivity index (χ2v) is 5.81. The van der Waals surface area contributed by atoms with Crippen molar-refractivity contribution in [2.75, 3.05) is 26.3 Å². The van der Waals surface area contributed by atoms with Gasteiger partial charge in [0, 0.05) is 13.1 Å². The van der Waals surface area contributed by atoms with Gasteiger partial charge in [-0.1, -0.05) is 0 Å². The lowest BCUT2D eigenvalue weighted by molar-refractivity contribution is -0.274. The normalized spacial score (nSPS) is 12.7. The van der Waals surface area contributed by atoms with E-state index in [4.69, 9.17) is 10.2 Å². The Morgan fingerprint density at radius 2 is 1.52 bits per heavy atom. The van der Waals surface area contributed by atoms with Crippen molar-refractivity contribution >= 4 is 10.0 Å². The Labute approximate surface area is 119 Å². The third kappa shape index (κ3) is 5.16. The summed E-state index contributed by atoms with van der Waals surface area (Å²) >= 11 is 0. The fourth-order valence-corrected chi connectivity index (χ4v) is 2.96. The van der Waals surface area contributed by atoms with Gasteiger partial charge in [0.25, 0.3) is 0 Å². The number of hydrogen-bond donors (Lipinski definition) is 2. The van der Waals surface area contributed by atoms with Gasteiger partial charge >= 0.3 is 6.36 Å². The van der Waals surface area contributed by atoms with Gasteiger partial charge in [-0.3, -0.25) is 0 Å². The molecule has 1 rings (SSSR count). The maximum Gasteiger partial charge on any atom is 0.573 e. The number of aliphatic hydroxyl groups excluding tert-OH is 2. The number of nitrogens with zero attached hydrogens (tertiary/aromatic N) is 1. The molecule has 0 heterocycles. The van der Waals surface area contributed by atoms with Gasteiger partial charge in [-0.2, -0.15) is 4.31 Å². The standard InChI is InChI=1S/C11H14F3NO5S/c12-11(13,14)20-9-1-3-10(4-2-9)21(18,19)15(5-7-16)6-8-17/h1-4,16-17H,5-8H2. The van der Waals surface area contributed by atoms with Crippen LogP contribution >= 0.6 is 0 Å². The summed E-state index contributed by atoms with van der Waals surface area (Å²) in [5, 5.41) is 17.6. The first kappa shape index (κ1) is 17.7. The molecule has 0 unspecified atom stereocenters. The molecule has 10 heteroatoms. The maximum absolute atomic E-state index is 12.1. The van der Waals surface area contributed by atoms with Gasteiger partial charge in [-0.05, 0) is 24.3 Å². The highest BCUT2D eigenvalue weighted by atomic mass is 32.2. The Balaban J connectivity index is 2.98. The summed E-state index contributed by atoms with van der Waals surface area (Å²) in [5.74, 6) is -0.544. The number of ether oxygens (including phenoxy) is 1. The van der Waals surface area contributed by atoms with Crippen LogP contribution in [0.3, 0.4) is 0 Å². The van der Waals surface area contributed by atoms with E-state index in [1.807, 2.05) is 0 Å². The van der Waals surface area contributed by atoms with Gasteiger partial charge in [0.15, 0.2) is 0 Å². The van der Waals surface area contributed by atoms with Crippen molar-refractivity contribution in [3.8, 4) is 5.75 Å². The zero-order valence-electron chi connectivity index (χ0n) is 10.7. The minimum atomic E-state index is -4.86. The van der Waals surface area contributed by atoms with Gasteiger partial charge in [0.2, 0.25) is 10.0 Å². The van der Waals surface area contributed by atoms with E-state index in [1.54, 1.807) is 0 Å². The lowest BCUT2D eigenvalue weighted by atomic mass is 10.3. The first-order chi connectivity index (χ1) is 9.70. The number of alkyl halides is 3. The van der Waals surface area contributed by atoms with Crippen molar-refractivity contribution in [2.24, 2.45) is 0 Å². The molecule has 0 saturated carbocycles. The summed E-state index contributed by atoms with van der Waals surface area (Å²) in [4.78, 5) is -0.265. The van der Waals surface area contributed by atoms with Crippen LogP contribution in [-0.2, 0) is 10.0 Å². The number of sulfonamides is 1. The highest BCUT2D eigenvalue weighted by Gasteiger charge is 2.31. The number of halogens is 3. The largest absolute Gasteiger partial charge is 0.573 e. The zero-order valence-corrected chi connectivity index (χ0v) is 11.6. The molecule has 0 fully saturated rings. The molecule has 0 aliphatic rings. The Morgan fingerprint density at radius 1 is 1.05 bits per heavy atom. The minimum absolute atomic E-state index is 0.232. The molecule has 21 heavy (non-hydrogen) atoms. The van der Waals surface area contributed by atoms with Crippen molar-refractivity contribution < 1.29 is 36.5 Å². The van der Waals surface area contributed by atoms with E-state index in [0.717, 1.165) is 28.6 Å². The van der Waals surface area contributed by atoms with Crippen LogP contribution in [0.5, 0.6) is 5.75 Å². The number of rotatable bonds is 7. The molecule has 0 aromatic heterocycles. The summed E-state index contributed by atoms with van der Waals surface area (Å²) in [6.45, 7) is -1.36. The minimum Gasteiger partial charge on any atom is -0.406 e. The first-order valence-electron chi connectivity index (χ1n) is 5.78. The monoisotopic (exact) mass is 329 g/mol. The molecule has 0 bridgehead atoms. The van der Waals surface area contributed by atoms with Crippen LogP contribution in [0.1, 0.15) is 0 Å². The van der Waals surface area contributed by atoms with Gasteiger partial charge in [-0.15, -0.1) is 13.2 Å². The fourth-order valence-electron chi connectivity index (χ4n) is 1.54. The van der Waals surface area contributed by atoms with Crippen LogP contribution in [0, 0.1) is 0 Å². The summed E-state index contributed by atoms with van der Waals surface area (Å²) in [5.41, 5.74) is 0. The van der Waals surface area contributed by atoms with E-state index in [0.29, 0.717) is 0 Å². The molecule has 2 N–H and O–H groups in total. The summed E-state index contributed by atoms with van der Waals surface area (Å²) < 4.78 is 64.8. The van der Waals surface area contributed by atoms with Gasteiger partial charge in [0.1, 0.15) is 5.75 Å². The summed E-state index contributed by atoms with van der Waals surface area (Å²) in [7, 11) is -4.01. The van der Waals surface area contributed by atoms with Crippen LogP contribution in [0.25, 0.3) is 0 Å². The molecule has 120 valence electrons. The predicted octanol–water partition coefficient (Wildman–Crippen LogP) is 0.560. The molecule has 1 aromatic rings. The molecular weight excluding hydrogens is 315 g/mol. The van der Waals surface area contributed by atoms with Gasteiger partial charge in [-0.25, -0.2) is 8.42 Å². The quantitative estimate of drug-likeness (QED) is 0.763. The van der Waals surface area contributed by atoms with E-state index in [2.05, 4.69) is 4.74 Å². The Hall–Kier alpha value is -1.36. The van der Waals surface area contributed by atoms with Crippen LogP contribution in [0.2, 0.25) is 0 Å². The van der Waals surface area contributed by atoms with E-state index >= 15 is 0 Å². The number of hydrogen-bond acceptors (Lipinski definition) is 5. The number of benzene rings is 1. The average molecular weight is 329 g/mol. The topological polar surface area (TPSA) is 87.1 Å². The zero-order chi connectivity index (χ0) is 16.1. The van der Waals surface area contributed by atoms with Gasteiger partial charge < -0.3 is 14.9 Å². The second kappa shape index (κ2) is 7.07. The lowest BCUT2D eigenvalue weighted by Crippen LogP contribution is -2.35. The van der Waals surface area contributed by atoms with E-state index < -0.39 is 35.3 Å². The van der Waals surface area contributed by atoms with E-state index in [1.165, 1.54) is 0 Å². The molecular formula is C11H14F3NO5S. The Bertz CT molecular complexity index is 538.